The minimum atomic E-state index is -3.39. The zero-order valence-electron chi connectivity index (χ0n) is 11.4. The molecule has 0 N–H and O–H groups in total. The molecule has 1 aromatic heterocycles. The van der Waals surface area contributed by atoms with Gasteiger partial charge in [0.25, 0.3) is 0 Å². The summed E-state index contributed by atoms with van der Waals surface area (Å²) in [4.78, 5) is 1.22. The number of hydrogen-bond donors (Lipinski definition) is 0. The summed E-state index contributed by atoms with van der Waals surface area (Å²) < 4.78 is 27.5. The number of nitrogens with zero attached hydrogens (tertiary/aromatic N) is 1. The first-order valence-electron chi connectivity index (χ1n) is 6.67. The van der Waals surface area contributed by atoms with Crippen LogP contribution in [0.5, 0.6) is 0 Å². The van der Waals surface area contributed by atoms with E-state index >= 15 is 0 Å². The van der Waals surface area contributed by atoms with E-state index in [1.165, 1.54) is 11.3 Å². The van der Waals surface area contributed by atoms with Crippen LogP contribution >= 0.6 is 22.9 Å². The number of thiophene rings is 1. The highest BCUT2D eigenvalue weighted by atomic mass is 35.5. The molecule has 0 amide bonds. The third-order valence-electron chi connectivity index (χ3n) is 3.72. The lowest BCUT2D eigenvalue weighted by molar-refractivity contribution is 0.246. The Balaban J connectivity index is 2.43. The fourth-order valence-electron chi connectivity index (χ4n) is 2.74. The lowest BCUT2D eigenvalue weighted by Gasteiger charge is -2.34. The topological polar surface area (TPSA) is 37.4 Å². The molecule has 1 aliphatic rings. The first-order valence-corrected chi connectivity index (χ1v) is 9.52. The Morgan fingerprint density at radius 2 is 2.21 bits per heavy atom. The van der Waals surface area contributed by atoms with E-state index in [4.69, 9.17) is 11.6 Å². The molecule has 0 aliphatic carbocycles. The van der Waals surface area contributed by atoms with Crippen molar-refractivity contribution >= 4 is 33.0 Å². The van der Waals surface area contributed by atoms with Crippen LogP contribution in [0, 0.1) is 6.92 Å². The molecule has 1 fully saturated rings. The second kappa shape index (κ2) is 6.12. The van der Waals surface area contributed by atoms with Crippen molar-refractivity contribution in [2.45, 2.75) is 56.3 Å². The van der Waals surface area contributed by atoms with Crippen molar-refractivity contribution in [3.8, 4) is 0 Å². The van der Waals surface area contributed by atoms with Gasteiger partial charge >= 0.3 is 0 Å². The molecule has 3 nitrogen and oxygen atoms in total. The first kappa shape index (κ1) is 15.3. The molecule has 2 heterocycles. The average Bonchev–Trinajstić information content (AvgIpc) is 2.80. The zero-order chi connectivity index (χ0) is 14.0. The van der Waals surface area contributed by atoms with Crippen molar-refractivity contribution in [2.24, 2.45) is 0 Å². The summed E-state index contributed by atoms with van der Waals surface area (Å²) in [7, 11) is -3.39. The van der Waals surface area contributed by atoms with Crippen LogP contribution in [0.1, 0.15) is 43.0 Å². The van der Waals surface area contributed by atoms with E-state index in [0.29, 0.717) is 11.4 Å². The highest BCUT2D eigenvalue weighted by Crippen LogP contribution is 2.34. The Hall–Kier alpha value is -0.100. The van der Waals surface area contributed by atoms with Crippen molar-refractivity contribution in [3.63, 3.8) is 0 Å². The molecule has 1 atom stereocenters. The fourth-order valence-corrected chi connectivity index (χ4v) is 6.52. The fraction of sp³-hybridized carbons (Fsp3) is 0.692. The summed E-state index contributed by atoms with van der Waals surface area (Å²) in [5, 5.41) is 1.88. The summed E-state index contributed by atoms with van der Waals surface area (Å²) >= 11 is 7.33. The van der Waals surface area contributed by atoms with E-state index in [-0.39, 0.29) is 11.9 Å². The SMILES string of the molecule is CCC1CCCCN1S(=O)(=O)c1c(C)csc1CCl. The second-order valence-corrected chi connectivity index (χ2v) is 8.04. The van der Waals surface area contributed by atoms with Gasteiger partial charge < -0.3 is 0 Å². The lowest BCUT2D eigenvalue weighted by Crippen LogP contribution is -2.43. The van der Waals surface area contributed by atoms with Gasteiger partial charge in [-0.05, 0) is 37.1 Å². The highest BCUT2D eigenvalue weighted by Gasteiger charge is 2.35. The molecule has 1 saturated heterocycles. The summed E-state index contributed by atoms with van der Waals surface area (Å²) in [5.74, 6) is 0.262. The van der Waals surface area contributed by atoms with Gasteiger partial charge in [0.2, 0.25) is 10.0 Å². The summed E-state index contributed by atoms with van der Waals surface area (Å²) in [6.45, 7) is 4.55. The summed E-state index contributed by atoms with van der Waals surface area (Å²) in [5.41, 5.74) is 0.820. The van der Waals surface area contributed by atoms with Gasteiger partial charge in [-0.15, -0.1) is 22.9 Å². The standard InChI is InChI=1S/C13H20ClNO2S2/c1-3-11-6-4-5-7-15(11)19(16,17)13-10(2)9-18-12(13)8-14/h9,11H,3-8H2,1-2H3. The van der Waals surface area contributed by atoms with E-state index in [1.807, 2.05) is 12.3 Å². The molecule has 6 heteroatoms. The van der Waals surface area contributed by atoms with Crippen LogP contribution in [0.25, 0.3) is 0 Å². The molecule has 0 spiro atoms. The van der Waals surface area contributed by atoms with Crippen LogP contribution in [0.2, 0.25) is 0 Å². The number of alkyl halides is 1. The van der Waals surface area contributed by atoms with Gasteiger partial charge in [0, 0.05) is 17.5 Å². The lowest BCUT2D eigenvalue weighted by atomic mass is 10.0. The summed E-state index contributed by atoms with van der Waals surface area (Å²) in [6, 6.07) is 0.140. The number of rotatable bonds is 4. The van der Waals surface area contributed by atoms with Gasteiger partial charge in [-0.1, -0.05) is 13.3 Å². The van der Waals surface area contributed by atoms with Crippen molar-refractivity contribution < 1.29 is 8.42 Å². The van der Waals surface area contributed by atoms with Crippen LogP contribution in [-0.2, 0) is 15.9 Å². The minimum Gasteiger partial charge on any atom is -0.207 e. The highest BCUT2D eigenvalue weighted by molar-refractivity contribution is 7.89. The van der Waals surface area contributed by atoms with Crippen LogP contribution in [0.15, 0.2) is 10.3 Å². The van der Waals surface area contributed by atoms with Gasteiger partial charge in [-0.3, -0.25) is 0 Å². The smallest absolute Gasteiger partial charge is 0.207 e. The van der Waals surface area contributed by atoms with E-state index in [0.717, 1.165) is 36.1 Å². The summed E-state index contributed by atoms with van der Waals surface area (Å²) in [6.07, 6.45) is 3.92. The Kier molecular flexibility index (Phi) is 4.93. The maximum Gasteiger partial charge on any atom is 0.244 e. The molecule has 2 rings (SSSR count). The van der Waals surface area contributed by atoms with E-state index in [1.54, 1.807) is 4.31 Å². The normalized spacial score (nSPS) is 21.7. The molecular formula is C13H20ClNO2S2. The van der Waals surface area contributed by atoms with Gasteiger partial charge in [0.1, 0.15) is 4.90 Å². The maximum absolute atomic E-state index is 12.9. The van der Waals surface area contributed by atoms with Gasteiger partial charge in [0.05, 0.1) is 5.88 Å². The van der Waals surface area contributed by atoms with Crippen LogP contribution in [0.3, 0.4) is 0 Å². The first-order chi connectivity index (χ1) is 9.02. The Bertz CT molecular complexity index is 539. The molecular weight excluding hydrogens is 302 g/mol. The molecule has 1 aliphatic heterocycles. The Labute approximate surface area is 124 Å². The Morgan fingerprint density at radius 3 is 2.84 bits per heavy atom. The van der Waals surface area contributed by atoms with E-state index in [2.05, 4.69) is 6.92 Å². The predicted molar refractivity (Wildman–Crippen MR) is 80.4 cm³/mol. The van der Waals surface area contributed by atoms with E-state index < -0.39 is 10.0 Å². The zero-order valence-corrected chi connectivity index (χ0v) is 13.7. The maximum atomic E-state index is 12.9. The number of sulfonamides is 1. The molecule has 0 bridgehead atoms. The van der Waals surface area contributed by atoms with Crippen molar-refractivity contribution in [1.82, 2.24) is 4.31 Å². The largest absolute Gasteiger partial charge is 0.244 e. The second-order valence-electron chi connectivity index (χ2n) is 4.98. The van der Waals surface area contributed by atoms with Gasteiger partial charge in [0.15, 0.2) is 0 Å². The minimum absolute atomic E-state index is 0.140. The predicted octanol–water partition coefficient (Wildman–Crippen LogP) is 3.75. The third-order valence-corrected chi connectivity index (χ3v) is 7.56. The average molecular weight is 322 g/mol. The molecule has 1 aromatic rings. The van der Waals surface area contributed by atoms with Crippen LogP contribution in [0.4, 0.5) is 0 Å². The molecule has 108 valence electrons. The third kappa shape index (κ3) is 2.84. The number of aryl methyl sites for hydroxylation is 1. The van der Waals surface area contributed by atoms with Crippen molar-refractivity contribution in [2.75, 3.05) is 6.54 Å². The quantitative estimate of drug-likeness (QED) is 0.792. The van der Waals surface area contributed by atoms with Gasteiger partial charge in [-0.2, -0.15) is 4.31 Å². The van der Waals surface area contributed by atoms with Crippen LogP contribution in [-0.4, -0.2) is 25.3 Å². The molecule has 0 aromatic carbocycles. The number of hydrogen-bond acceptors (Lipinski definition) is 3. The Morgan fingerprint density at radius 1 is 1.47 bits per heavy atom. The van der Waals surface area contributed by atoms with Crippen molar-refractivity contribution in [1.29, 1.82) is 0 Å². The monoisotopic (exact) mass is 321 g/mol. The molecule has 0 saturated carbocycles. The molecule has 0 radical (unpaired) electrons. The van der Waals surface area contributed by atoms with E-state index in [9.17, 15) is 8.42 Å². The molecule has 19 heavy (non-hydrogen) atoms. The number of halogens is 1. The van der Waals surface area contributed by atoms with Crippen LogP contribution < -0.4 is 0 Å². The molecule has 1 unspecified atom stereocenters. The van der Waals surface area contributed by atoms with Crippen molar-refractivity contribution in [3.05, 3.63) is 15.8 Å². The number of piperidine rings is 1. The van der Waals surface area contributed by atoms with Gasteiger partial charge in [-0.25, -0.2) is 8.42 Å².